The molecule has 23 heavy (non-hydrogen) atoms. The summed E-state index contributed by atoms with van der Waals surface area (Å²) in [5, 5.41) is 0. The summed E-state index contributed by atoms with van der Waals surface area (Å²) in [6, 6.07) is 3.49. The third-order valence-electron chi connectivity index (χ3n) is 3.90. The first-order chi connectivity index (χ1) is 11.1. The van der Waals surface area contributed by atoms with Crippen LogP contribution in [0.3, 0.4) is 0 Å². The van der Waals surface area contributed by atoms with Crippen LogP contribution in [0.5, 0.6) is 17.2 Å². The molecule has 0 N–H and O–H groups in total. The standard InChI is InChI=1S/C16H19NO6/c1-5-23-15(19)16(17-9-18)8-11(16)10-6-12(20-2)14(22-4)13(7-10)21-3/h6-7,11H,5,8H2,1-4H3. The molecule has 0 spiro atoms. The average molecular weight is 321 g/mol. The fourth-order valence-electron chi connectivity index (χ4n) is 2.68. The molecule has 0 aromatic heterocycles. The van der Waals surface area contributed by atoms with Crippen molar-refractivity contribution in [1.29, 1.82) is 0 Å². The van der Waals surface area contributed by atoms with E-state index in [0.29, 0.717) is 23.7 Å². The molecule has 124 valence electrons. The maximum Gasteiger partial charge on any atom is 0.335 e. The third kappa shape index (κ3) is 2.87. The number of isocyanates is 1. The van der Waals surface area contributed by atoms with Crippen molar-refractivity contribution >= 4 is 12.0 Å². The van der Waals surface area contributed by atoms with Crippen molar-refractivity contribution in [2.75, 3.05) is 27.9 Å². The molecule has 1 aliphatic rings. The molecule has 0 saturated heterocycles. The van der Waals surface area contributed by atoms with Crippen molar-refractivity contribution in [3.63, 3.8) is 0 Å². The van der Waals surface area contributed by atoms with Crippen LogP contribution < -0.4 is 14.2 Å². The second kappa shape index (κ2) is 6.71. The molecular formula is C16H19NO6. The van der Waals surface area contributed by atoms with E-state index in [0.717, 1.165) is 5.56 Å². The van der Waals surface area contributed by atoms with Crippen molar-refractivity contribution in [3.8, 4) is 17.2 Å². The van der Waals surface area contributed by atoms with Gasteiger partial charge in [-0.25, -0.2) is 9.59 Å². The number of benzene rings is 1. The van der Waals surface area contributed by atoms with Gasteiger partial charge in [0.2, 0.25) is 11.8 Å². The fourth-order valence-corrected chi connectivity index (χ4v) is 2.68. The predicted molar refractivity (Wildman–Crippen MR) is 80.9 cm³/mol. The van der Waals surface area contributed by atoms with Gasteiger partial charge in [0.25, 0.3) is 0 Å². The summed E-state index contributed by atoms with van der Waals surface area (Å²) in [5.41, 5.74) is -0.450. The van der Waals surface area contributed by atoms with Crippen LogP contribution in [0, 0.1) is 0 Å². The molecule has 0 amide bonds. The summed E-state index contributed by atoms with van der Waals surface area (Å²) < 4.78 is 20.9. The van der Waals surface area contributed by atoms with Crippen LogP contribution in [0.1, 0.15) is 24.8 Å². The van der Waals surface area contributed by atoms with Gasteiger partial charge in [-0.3, -0.25) is 0 Å². The lowest BCUT2D eigenvalue weighted by Crippen LogP contribution is -2.25. The van der Waals surface area contributed by atoms with E-state index < -0.39 is 11.5 Å². The molecule has 2 unspecified atom stereocenters. The number of carbonyl (C=O) groups excluding carboxylic acids is 2. The third-order valence-corrected chi connectivity index (χ3v) is 3.90. The Labute approximate surface area is 134 Å². The van der Waals surface area contributed by atoms with E-state index in [1.54, 1.807) is 19.1 Å². The van der Waals surface area contributed by atoms with E-state index >= 15 is 0 Å². The van der Waals surface area contributed by atoms with Crippen LogP contribution in [-0.2, 0) is 14.3 Å². The summed E-state index contributed by atoms with van der Waals surface area (Å²) in [6.07, 6.45) is 1.85. The first-order valence-corrected chi connectivity index (χ1v) is 7.14. The number of ether oxygens (including phenoxy) is 4. The zero-order valence-corrected chi connectivity index (χ0v) is 13.5. The Morgan fingerprint density at radius 3 is 2.30 bits per heavy atom. The normalized spacial score (nSPS) is 21.8. The second-order valence-electron chi connectivity index (χ2n) is 5.06. The summed E-state index contributed by atoms with van der Waals surface area (Å²) >= 11 is 0. The van der Waals surface area contributed by atoms with Gasteiger partial charge in [-0.05, 0) is 31.0 Å². The first kappa shape index (κ1) is 16.8. The maximum absolute atomic E-state index is 12.2. The Balaban J connectivity index is 2.43. The number of esters is 1. The van der Waals surface area contributed by atoms with Crippen LogP contribution in [0.15, 0.2) is 17.1 Å². The molecule has 1 aromatic rings. The highest BCUT2D eigenvalue weighted by molar-refractivity contribution is 5.88. The Bertz CT molecular complexity index is 627. The Morgan fingerprint density at radius 1 is 1.26 bits per heavy atom. The first-order valence-electron chi connectivity index (χ1n) is 7.14. The number of nitrogens with zero attached hydrogens (tertiary/aromatic N) is 1. The van der Waals surface area contributed by atoms with Crippen LogP contribution in [0.25, 0.3) is 0 Å². The highest BCUT2D eigenvalue weighted by atomic mass is 16.5. The summed E-state index contributed by atoms with van der Waals surface area (Å²) in [7, 11) is 4.53. The van der Waals surface area contributed by atoms with Gasteiger partial charge >= 0.3 is 5.97 Å². The lowest BCUT2D eigenvalue weighted by Gasteiger charge is -2.15. The monoisotopic (exact) mass is 321 g/mol. The molecule has 0 aliphatic heterocycles. The predicted octanol–water partition coefficient (Wildman–Crippen LogP) is 1.84. The van der Waals surface area contributed by atoms with Gasteiger partial charge in [-0.2, -0.15) is 4.99 Å². The van der Waals surface area contributed by atoms with Crippen LogP contribution in [-0.4, -0.2) is 45.5 Å². The molecule has 2 atom stereocenters. The molecule has 7 heteroatoms. The van der Waals surface area contributed by atoms with E-state index in [-0.39, 0.29) is 12.5 Å². The number of carbonyl (C=O) groups is 1. The van der Waals surface area contributed by atoms with Crippen molar-refractivity contribution in [2.45, 2.75) is 24.8 Å². The van der Waals surface area contributed by atoms with Crippen LogP contribution in [0.2, 0.25) is 0 Å². The lowest BCUT2D eigenvalue weighted by molar-refractivity contribution is -0.145. The minimum absolute atomic E-state index is 0.219. The van der Waals surface area contributed by atoms with Crippen molar-refractivity contribution < 1.29 is 28.5 Å². The van der Waals surface area contributed by atoms with Gasteiger partial charge in [-0.15, -0.1) is 0 Å². The van der Waals surface area contributed by atoms with E-state index in [4.69, 9.17) is 18.9 Å². The van der Waals surface area contributed by atoms with Gasteiger partial charge in [0.15, 0.2) is 17.0 Å². The molecule has 0 bridgehead atoms. The fraction of sp³-hybridized carbons (Fsp3) is 0.500. The number of hydrogen-bond donors (Lipinski definition) is 0. The Kier molecular flexibility index (Phi) is 4.91. The maximum atomic E-state index is 12.2. The van der Waals surface area contributed by atoms with Gasteiger partial charge in [-0.1, -0.05) is 0 Å². The highest BCUT2D eigenvalue weighted by Gasteiger charge is 2.63. The van der Waals surface area contributed by atoms with Gasteiger partial charge in [0.1, 0.15) is 0 Å². The lowest BCUT2D eigenvalue weighted by atomic mass is 10.0. The highest BCUT2D eigenvalue weighted by Crippen LogP contribution is 2.57. The van der Waals surface area contributed by atoms with E-state index in [1.807, 2.05) is 0 Å². The van der Waals surface area contributed by atoms with Crippen molar-refractivity contribution in [1.82, 2.24) is 0 Å². The topological polar surface area (TPSA) is 83.4 Å². The van der Waals surface area contributed by atoms with Gasteiger partial charge in [0.05, 0.1) is 27.9 Å². The Morgan fingerprint density at radius 2 is 1.87 bits per heavy atom. The zero-order chi connectivity index (χ0) is 17.0. The number of methoxy groups -OCH3 is 3. The largest absolute Gasteiger partial charge is 0.493 e. The minimum Gasteiger partial charge on any atom is -0.493 e. The van der Waals surface area contributed by atoms with Gasteiger partial charge in [0, 0.05) is 5.92 Å². The van der Waals surface area contributed by atoms with Crippen LogP contribution in [0.4, 0.5) is 0 Å². The van der Waals surface area contributed by atoms with E-state index in [9.17, 15) is 9.59 Å². The molecule has 1 aromatic carbocycles. The smallest absolute Gasteiger partial charge is 0.335 e. The van der Waals surface area contributed by atoms with Gasteiger partial charge < -0.3 is 18.9 Å². The molecule has 1 saturated carbocycles. The summed E-state index contributed by atoms with van der Waals surface area (Å²) in [6.45, 7) is 1.92. The SMILES string of the molecule is CCOC(=O)C1(N=C=O)CC1c1cc(OC)c(OC)c(OC)c1. The summed E-state index contributed by atoms with van der Waals surface area (Å²) in [4.78, 5) is 26.6. The Hall–Kier alpha value is -2.53. The summed E-state index contributed by atoms with van der Waals surface area (Å²) in [5.74, 6) is 0.585. The molecule has 0 heterocycles. The number of rotatable bonds is 7. The molecule has 2 rings (SSSR count). The quantitative estimate of drug-likeness (QED) is 0.433. The molecule has 0 radical (unpaired) electrons. The van der Waals surface area contributed by atoms with Crippen LogP contribution >= 0.6 is 0 Å². The molecule has 1 fully saturated rings. The van der Waals surface area contributed by atoms with E-state index in [2.05, 4.69) is 4.99 Å². The molecular weight excluding hydrogens is 302 g/mol. The molecule has 7 nitrogen and oxygen atoms in total. The van der Waals surface area contributed by atoms with Crippen molar-refractivity contribution in [3.05, 3.63) is 17.7 Å². The second-order valence-corrected chi connectivity index (χ2v) is 5.06. The van der Waals surface area contributed by atoms with E-state index in [1.165, 1.54) is 27.4 Å². The molecule has 1 aliphatic carbocycles. The average Bonchev–Trinajstić information content (AvgIpc) is 3.29. The number of hydrogen-bond acceptors (Lipinski definition) is 7. The minimum atomic E-state index is -1.21. The zero-order valence-electron chi connectivity index (χ0n) is 13.5. The number of aliphatic imine (C=N–C) groups is 1. The van der Waals surface area contributed by atoms with Crippen molar-refractivity contribution in [2.24, 2.45) is 4.99 Å².